The van der Waals surface area contributed by atoms with Gasteiger partial charge >= 0.3 is 0 Å². The smallest absolute Gasteiger partial charge is 0.226 e. The fraction of sp³-hybridized carbons (Fsp3) is 0.286. The molecule has 0 radical (unpaired) electrons. The summed E-state index contributed by atoms with van der Waals surface area (Å²) in [6.45, 7) is 2.38. The maximum absolute atomic E-state index is 11.7. The van der Waals surface area contributed by atoms with Crippen LogP contribution in [0.5, 0.6) is 5.75 Å². The van der Waals surface area contributed by atoms with Gasteiger partial charge in [-0.25, -0.2) is 4.98 Å². The second-order valence-corrected chi connectivity index (χ2v) is 6.45. The van der Waals surface area contributed by atoms with Crippen molar-refractivity contribution in [2.75, 3.05) is 11.9 Å². The van der Waals surface area contributed by atoms with Gasteiger partial charge in [-0.15, -0.1) is 0 Å². The van der Waals surface area contributed by atoms with Gasteiger partial charge in [0.1, 0.15) is 10.1 Å². The zero-order valence-electron chi connectivity index (χ0n) is 11.4. The lowest BCUT2D eigenvalue weighted by atomic mass is 10.2. The Morgan fingerprint density at radius 3 is 2.90 bits per heavy atom. The molecule has 0 aliphatic rings. The van der Waals surface area contributed by atoms with Crippen LogP contribution in [0.2, 0.25) is 9.36 Å². The van der Waals surface area contributed by atoms with Crippen LogP contribution in [-0.2, 0) is 4.79 Å². The third kappa shape index (κ3) is 5.19. The van der Waals surface area contributed by atoms with Gasteiger partial charge in [-0.2, -0.15) is 0 Å². The Morgan fingerprint density at radius 2 is 2.24 bits per heavy atom. The number of aryl methyl sites for hydroxylation is 1. The Morgan fingerprint density at radius 1 is 1.43 bits per heavy atom. The first-order chi connectivity index (χ1) is 10.0. The molecule has 1 N–H and O–H groups in total. The van der Waals surface area contributed by atoms with Crippen molar-refractivity contribution in [1.29, 1.82) is 0 Å². The van der Waals surface area contributed by atoms with E-state index in [4.69, 9.17) is 27.9 Å². The Bertz CT molecular complexity index is 631. The maximum atomic E-state index is 11.7. The van der Waals surface area contributed by atoms with E-state index >= 15 is 0 Å². The Hall–Kier alpha value is -1.30. The summed E-state index contributed by atoms with van der Waals surface area (Å²) in [5.74, 6) is 0.601. The van der Waals surface area contributed by atoms with Crippen LogP contribution in [0.25, 0.3) is 0 Å². The fourth-order valence-corrected chi connectivity index (χ4v) is 2.58. The molecule has 1 aromatic heterocycles. The minimum atomic E-state index is -0.105. The maximum Gasteiger partial charge on any atom is 0.226 e. The van der Waals surface area contributed by atoms with Crippen molar-refractivity contribution in [1.82, 2.24) is 4.98 Å². The van der Waals surface area contributed by atoms with Gasteiger partial charge in [0, 0.05) is 11.4 Å². The van der Waals surface area contributed by atoms with E-state index in [1.165, 1.54) is 17.5 Å². The summed E-state index contributed by atoms with van der Waals surface area (Å²) < 4.78 is 6.09. The van der Waals surface area contributed by atoms with Crippen LogP contribution in [0.1, 0.15) is 18.4 Å². The van der Waals surface area contributed by atoms with E-state index in [0.717, 1.165) is 5.56 Å². The average Bonchev–Trinajstić information content (AvgIpc) is 2.84. The zero-order valence-corrected chi connectivity index (χ0v) is 13.7. The van der Waals surface area contributed by atoms with Crippen molar-refractivity contribution in [3.8, 4) is 5.75 Å². The SMILES string of the molecule is Cc1ccc(OCCCC(=O)Nc2ncc(Cl)s2)cc1Cl. The number of nitrogens with one attached hydrogen (secondary N) is 1. The number of carbonyl (C=O) groups excluding carboxylic acids is 1. The second-order valence-electron chi connectivity index (χ2n) is 4.38. The van der Waals surface area contributed by atoms with E-state index < -0.39 is 0 Å². The highest BCUT2D eigenvalue weighted by atomic mass is 35.5. The summed E-state index contributed by atoms with van der Waals surface area (Å²) in [5.41, 5.74) is 1.01. The van der Waals surface area contributed by atoms with E-state index in [-0.39, 0.29) is 5.91 Å². The molecule has 0 atom stereocenters. The summed E-state index contributed by atoms with van der Waals surface area (Å²) in [7, 11) is 0. The summed E-state index contributed by atoms with van der Waals surface area (Å²) in [5, 5.41) is 3.87. The Kier molecular flexibility index (Phi) is 5.85. The van der Waals surface area contributed by atoms with Gasteiger partial charge in [-0.3, -0.25) is 4.79 Å². The quantitative estimate of drug-likeness (QED) is 0.781. The number of ether oxygens (including phenoxy) is 1. The molecule has 1 amide bonds. The van der Waals surface area contributed by atoms with Crippen LogP contribution < -0.4 is 10.1 Å². The first kappa shape index (κ1) is 16.1. The molecule has 0 spiro atoms. The molecule has 21 heavy (non-hydrogen) atoms. The highest BCUT2D eigenvalue weighted by Crippen LogP contribution is 2.23. The predicted molar refractivity (Wildman–Crippen MR) is 86.7 cm³/mol. The van der Waals surface area contributed by atoms with Crippen molar-refractivity contribution in [2.24, 2.45) is 0 Å². The van der Waals surface area contributed by atoms with Gasteiger partial charge in [0.25, 0.3) is 0 Å². The number of carbonyl (C=O) groups is 1. The van der Waals surface area contributed by atoms with Gasteiger partial charge in [0.2, 0.25) is 5.91 Å². The molecule has 1 heterocycles. The van der Waals surface area contributed by atoms with Crippen LogP contribution in [0.4, 0.5) is 5.13 Å². The molecule has 0 unspecified atom stereocenters. The molecule has 2 aromatic rings. The van der Waals surface area contributed by atoms with Crippen molar-refractivity contribution in [2.45, 2.75) is 19.8 Å². The lowest BCUT2D eigenvalue weighted by Gasteiger charge is -2.07. The summed E-state index contributed by atoms with van der Waals surface area (Å²) in [6.07, 6.45) is 2.47. The molecule has 1 aromatic carbocycles. The standard InChI is InChI=1S/C14H14Cl2N2O2S/c1-9-4-5-10(7-11(9)15)20-6-2-3-13(19)18-14-17-8-12(16)21-14/h4-5,7-8H,2-3,6H2,1H3,(H,17,18,19). The third-order valence-electron chi connectivity index (χ3n) is 2.68. The van der Waals surface area contributed by atoms with Gasteiger partial charge in [0.15, 0.2) is 5.13 Å². The number of hydrogen-bond acceptors (Lipinski definition) is 4. The van der Waals surface area contributed by atoms with E-state index in [0.29, 0.717) is 39.7 Å². The van der Waals surface area contributed by atoms with E-state index in [1.54, 1.807) is 6.07 Å². The monoisotopic (exact) mass is 344 g/mol. The number of hydrogen-bond donors (Lipinski definition) is 1. The largest absolute Gasteiger partial charge is 0.494 e. The minimum Gasteiger partial charge on any atom is -0.494 e. The number of rotatable bonds is 6. The van der Waals surface area contributed by atoms with Crippen LogP contribution in [-0.4, -0.2) is 17.5 Å². The van der Waals surface area contributed by atoms with Crippen molar-refractivity contribution in [3.63, 3.8) is 0 Å². The Balaban J connectivity index is 1.69. The number of anilines is 1. The topological polar surface area (TPSA) is 51.2 Å². The van der Waals surface area contributed by atoms with Gasteiger partial charge in [-0.05, 0) is 31.0 Å². The summed E-state index contributed by atoms with van der Waals surface area (Å²) in [4.78, 5) is 15.6. The third-order valence-corrected chi connectivity index (χ3v) is 4.12. The summed E-state index contributed by atoms with van der Waals surface area (Å²) >= 11 is 13.0. The molecule has 112 valence electrons. The minimum absolute atomic E-state index is 0.105. The predicted octanol–water partition coefficient (Wildman–Crippen LogP) is 4.56. The lowest BCUT2D eigenvalue weighted by Crippen LogP contribution is -2.12. The van der Waals surface area contributed by atoms with E-state index in [1.807, 2.05) is 19.1 Å². The molecule has 0 saturated heterocycles. The normalized spacial score (nSPS) is 10.4. The molecule has 0 fully saturated rings. The van der Waals surface area contributed by atoms with Crippen molar-refractivity contribution < 1.29 is 9.53 Å². The average molecular weight is 345 g/mol. The molecular formula is C14H14Cl2N2O2S. The summed E-state index contributed by atoms with van der Waals surface area (Å²) in [6, 6.07) is 5.53. The number of halogens is 2. The van der Waals surface area contributed by atoms with Crippen LogP contribution in [0.15, 0.2) is 24.4 Å². The number of aromatic nitrogens is 1. The van der Waals surface area contributed by atoms with Gasteiger partial charge in [-0.1, -0.05) is 40.6 Å². The van der Waals surface area contributed by atoms with Crippen molar-refractivity contribution in [3.05, 3.63) is 39.3 Å². The molecule has 2 rings (SSSR count). The first-order valence-electron chi connectivity index (χ1n) is 6.35. The highest BCUT2D eigenvalue weighted by Gasteiger charge is 2.06. The van der Waals surface area contributed by atoms with Crippen molar-refractivity contribution >= 4 is 45.6 Å². The number of nitrogens with zero attached hydrogens (tertiary/aromatic N) is 1. The molecule has 7 heteroatoms. The number of thiazole rings is 1. The highest BCUT2D eigenvalue weighted by molar-refractivity contribution is 7.19. The van der Waals surface area contributed by atoms with Crippen LogP contribution >= 0.6 is 34.5 Å². The van der Waals surface area contributed by atoms with Crippen LogP contribution in [0.3, 0.4) is 0 Å². The molecule has 0 aliphatic carbocycles. The van der Waals surface area contributed by atoms with Crippen LogP contribution in [0, 0.1) is 6.92 Å². The van der Waals surface area contributed by atoms with E-state index in [2.05, 4.69) is 10.3 Å². The molecule has 0 saturated carbocycles. The van der Waals surface area contributed by atoms with Gasteiger partial charge < -0.3 is 10.1 Å². The fourth-order valence-electron chi connectivity index (χ4n) is 1.58. The van der Waals surface area contributed by atoms with E-state index in [9.17, 15) is 4.79 Å². The molecule has 0 bridgehead atoms. The number of benzene rings is 1. The number of amides is 1. The lowest BCUT2D eigenvalue weighted by molar-refractivity contribution is -0.116. The Labute approximate surface area is 137 Å². The zero-order chi connectivity index (χ0) is 15.2. The molecular weight excluding hydrogens is 331 g/mol. The first-order valence-corrected chi connectivity index (χ1v) is 7.92. The molecule has 0 aliphatic heterocycles. The van der Waals surface area contributed by atoms with Gasteiger partial charge in [0.05, 0.1) is 12.8 Å². The molecule has 4 nitrogen and oxygen atoms in total. The second kappa shape index (κ2) is 7.64.